The van der Waals surface area contributed by atoms with E-state index in [1.54, 1.807) is 24.3 Å². The van der Waals surface area contributed by atoms with E-state index in [0.717, 1.165) is 5.69 Å². The van der Waals surface area contributed by atoms with E-state index >= 15 is 0 Å². The van der Waals surface area contributed by atoms with Crippen molar-refractivity contribution in [3.63, 3.8) is 0 Å². The summed E-state index contributed by atoms with van der Waals surface area (Å²) in [6.45, 7) is 2.02. The van der Waals surface area contributed by atoms with Gasteiger partial charge in [0.15, 0.2) is 0 Å². The lowest BCUT2D eigenvalue weighted by molar-refractivity contribution is 0.0601. The van der Waals surface area contributed by atoms with Crippen LogP contribution < -0.4 is 0 Å². The van der Waals surface area contributed by atoms with Crippen LogP contribution in [0.15, 0.2) is 58.8 Å². The van der Waals surface area contributed by atoms with Crippen LogP contribution >= 0.6 is 0 Å². The summed E-state index contributed by atoms with van der Waals surface area (Å²) in [6.07, 6.45) is 0. The molecule has 0 aromatic heterocycles. The van der Waals surface area contributed by atoms with Crippen molar-refractivity contribution in [2.24, 2.45) is 10.2 Å². The number of nitrogens with zero attached hydrogens (tertiary/aromatic N) is 2. The van der Waals surface area contributed by atoms with E-state index < -0.39 is 0 Å². The van der Waals surface area contributed by atoms with Crippen LogP contribution in [0.3, 0.4) is 0 Å². The summed E-state index contributed by atoms with van der Waals surface area (Å²) in [4.78, 5) is 11.3. The predicted octanol–water partition coefficient (Wildman–Crippen LogP) is 4.20. The van der Waals surface area contributed by atoms with E-state index in [9.17, 15) is 4.79 Å². The molecule has 2 aromatic rings. The van der Waals surface area contributed by atoms with Gasteiger partial charge in [-0.15, -0.1) is 0 Å². The first-order valence-electron chi connectivity index (χ1n) is 5.86. The number of hydrogen-bond acceptors (Lipinski definition) is 4. The Morgan fingerprint density at radius 3 is 1.84 bits per heavy atom. The Hall–Kier alpha value is -2.49. The zero-order chi connectivity index (χ0) is 13.7. The molecular weight excluding hydrogens is 240 g/mol. The van der Waals surface area contributed by atoms with E-state index in [-0.39, 0.29) is 5.97 Å². The zero-order valence-electron chi connectivity index (χ0n) is 10.8. The van der Waals surface area contributed by atoms with Crippen molar-refractivity contribution in [2.45, 2.75) is 6.92 Å². The van der Waals surface area contributed by atoms with Crippen LogP contribution in [0.25, 0.3) is 0 Å². The number of carbonyl (C=O) groups is 1. The quantitative estimate of drug-likeness (QED) is 0.609. The van der Waals surface area contributed by atoms with Gasteiger partial charge in [-0.2, -0.15) is 10.2 Å². The summed E-state index contributed by atoms with van der Waals surface area (Å²) < 4.78 is 4.62. The second-order valence-electron chi connectivity index (χ2n) is 4.07. The normalized spacial score (nSPS) is 10.6. The van der Waals surface area contributed by atoms with Gasteiger partial charge in [0.25, 0.3) is 0 Å². The van der Waals surface area contributed by atoms with Crippen LogP contribution in [0.2, 0.25) is 0 Å². The third-order valence-corrected chi connectivity index (χ3v) is 2.60. The van der Waals surface area contributed by atoms with Gasteiger partial charge < -0.3 is 4.74 Å². The molecule has 2 aromatic carbocycles. The third kappa shape index (κ3) is 3.48. The lowest BCUT2D eigenvalue weighted by atomic mass is 10.2. The Labute approximate surface area is 111 Å². The number of aryl methyl sites for hydroxylation is 1. The van der Waals surface area contributed by atoms with E-state index in [4.69, 9.17) is 0 Å². The largest absolute Gasteiger partial charge is 0.465 e. The molecule has 0 amide bonds. The van der Waals surface area contributed by atoms with Crippen molar-refractivity contribution in [3.8, 4) is 0 Å². The molecule has 4 heteroatoms. The number of methoxy groups -OCH3 is 1. The van der Waals surface area contributed by atoms with Crippen LogP contribution in [0.1, 0.15) is 15.9 Å². The van der Waals surface area contributed by atoms with Gasteiger partial charge in [0.05, 0.1) is 24.0 Å². The van der Waals surface area contributed by atoms with Crippen LogP contribution in [0.5, 0.6) is 0 Å². The molecule has 0 saturated heterocycles. The Morgan fingerprint density at radius 1 is 0.895 bits per heavy atom. The Balaban J connectivity index is 2.11. The van der Waals surface area contributed by atoms with Crippen LogP contribution in [0, 0.1) is 6.92 Å². The number of benzene rings is 2. The van der Waals surface area contributed by atoms with Crippen LogP contribution in [-0.2, 0) is 4.74 Å². The number of hydrogen-bond donors (Lipinski definition) is 0. The first kappa shape index (κ1) is 13.0. The van der Waals surface area contributed by atoms with Crippen LogP contribution in [0.4, 0.5) is 11.4 Å². The van der Waals surface area contributed by atoms with Crippen molar-refractivity contribution in [2.75, 3.05) is 7.11 Å². The molecule has 0 heterocycles. The average Bonchev–Trinajstić information content (AvgIpc) is 2.46. The van der Waals surface area contributed by atoms with E-state index in [2.05, 4.69) is 15.0 Å². The fourth-order valence-electron chi connectivity index (χ4n) is 1.51. The highest BCUT2D eigenvalue weighted by Crippen LogP contribution is 2.19. The van der Waals surface area contributed by atoms with E-state index in [1.807, 2.05) is 31.2 Å². The summed E-state index contributed by atoms with van der Waals surface area (Å²) in [5.41, 5.74) is 3.16. The molecule has 0 aliphatic carbocycles. The molecule has 0 saturated carbocycles. The minimum Gasteiger partial charge on any atom is -0.465 e. The predicted molar refractivity (Wildman–Crippen MR) is 73.1 cm³/mol. The van der Waals surface area contributed by atoms with Gasteiger partial charge in [0, 0.05) is 0 Å². The molecule has 4 nitrogen and oxygen atoms in total. The Bertz CT molecular complexity index is 587. The van der Waals surface area contributed by atoms with Crippen molar-refractivity contribution in [1.29, 1.82) is 0 Å². The number of esters is 1. The van der Waals surface area contributed by atoms with Gasteiger partial charge in [0.1, 0.15) is 0 Å². The topological polar surface area (TPSA) is 51.0 Å². The maximum atomic E-state index is 11.3. The molecule has 96 valence electrons. The monoisotopic (exact) mass is 254 g/mol. The number of ether oxygens (including phenoxy) is 1. The third-order valence-electron chi connectivity index (χ3n) is 2.60. The Kier molecular flexibility index (Phi) is 4.03. The van der Waals surface area contributed by atoms with Crippen molar-refractivity contribution in [1.82, 2.24) is 0 Å². The summed E-state index contributed by atoms with van der Waals surface area (Å²) in [7, 11) is 1.35. The molecule has 0 atom stereocenters. The van der Waals surface area contributed by atoms with Gasteiger partial charge in [-0.25, -0.2) is 4.79 Å². The molecule has 2 rings (SSSR count). The minimum atomic E-state index is -0.359. The highest BCUT2D eigenvalue weighted by atomic mass is 16.5. The smallest absolute Gasteiger partial charge is 0.337 e. The highest BCUT2D eigenvalue weighted by Gasteiger charge is 2.03. The molecular formula is C15H14N2O2. The van der Waals surface area contributed by atoms with Gasteiger partial charge >= 0.3 is 5.97 Å². The first-order chi connectivity index (χ1) is 9.19. The summed E-state index contributed by atoms with van der Waals surface area (Å²) in [5.74, 6) is -0.359. The lowest BCUT2D eigenvalue weighted by Crippen LogP contribution is -1.99. The van der Waals surface area contributed by atoms with Crippen molar-refractivity contribution in [3.05, 3.63) is 59.7 Å². The second kappa shape index (κ2) is 5.91. The van der Waals surface area contributed by atoms with E-state index in [1.165, 1.54) is 12.7 Å². The molecule has 19 heavy (non-hydrogen) atoms. The van der Waals surface area contributed by atoms with Gasteiger partial charge in [-0.3, -0.25) is 0 Å². The lowest BCUT2D eigenvalue weighted by Gasteiger charge is -1.98. The molecule has 0 radical (unpaired) electrons. The minimum absolute atomic E-state index is 0.359. The second-order valence-corrected chi connectivity index (χ2v) is 4.07. The fourth-order valence-corrected chi connectivity index (χ4v) is 1.51. The fraction of sp³-hybridized carbons (Fsp3) is 0.133. The molecule has 0 bridgehead atoms. The van der Waals surface area contributed by atoms with Gasteiger partial charge in [0.2, 0.25) is 0 Å². The van der Waals surface area contributed by atoms with Crippen LogP contribution in [-0.4, -0.2) is 13.1 Å². The Morgan fingerprint density at radius 2 is 1.37 bits per heavy atom. The van der Waals surface area contributed by atoms with Crippen molar-refractivity contribution < 1.29 is 9.53 Å². The standard InChI is InChI=1S/C15H14N2O2/c1-11-3-7-13(8-4-11)16-17-14-9-5-12(6-10-14)15(18)19-2/h3-10H,1-2H3. The highest BCUT2D eigenvalue weighted by molar-refractivity contribution is 5.89. The average molecular weight is 254 g/mol. The number of rotatable bonds is 3. The molecule has 0 fully saturated rings. The SMILES string of the molecule is COC(=O)c1ccc(N=Nc2ccc(C)cc2)cc1. The summed E-state index contributed by atoms with van der Waals surface area (Å²) in [5, 5.41) is 8.23. The van der Waals surface area contributed by atoms with Gasteiger partial charge in [-0.05, 0) is 43.3 Å². The maximum absolute atomic E-state index is 11.3. The van der Waals surface area contributed by atoms with Crippen molar-refractivity contribution >= 4 is 17.3 Å². The first-order valence-corrected chi connectivity index (χ1v) is 5.86. The molecule has 0 aliphatic rings. The van der Waals surface area contributed by atoms with Gasteiger partial charge in [-0.1, -0.05) is 17.7 Å². The maximum Gasteiger partial charge on any atom is 0.337 e. The molecule has 0 N–H and O–H groups in total. The van der Waals surface area contributed by atoms with E-state index in [0.29, 0.717) is 11.3 Å². The zero-order valence-corrected chi connectivity index (χ0v) is 10.8. The number of carbonyl (C=O) groups excluding carboxylic acids is 1. The molecule has 0 spiro atoms. The molecule has 0 aliphatic heterocycles. The molecule has 0 unspecified atom stereocenters. The summed E-state index contributed by atoms with van der Waals surface area (Å²) in [6, 6.07) is 14.5. The number of azo groups is 1. The summed E-state index contributed by atoms with van der Waals surface area (Å²) >= 11 is 0.